The van der Waals surface area contributed by atoms with E-state index in [1.807, 2.05) is 49.4 Å². The molecule has 28 heavy (non-hydrogen) atoms. The predicted octanol–water partition coefficient (Wildman–Crippen LogP) is 2.87. The minimum absolute atomic E-state index is 0.313. The lowest BCUT2D eigenvalue weighted by Crippen LogP contribution is -2.49. The molecule has 0 saturated heterocycles. The van der Waals surface area contributed by atoms with E-state index in [0.717, 1.165) is 17.4 Å². The minimum Gasteiger partial charge on any atom is -0.375 e. The van der Waals surface area contributed by atoms with Crippen molar-refractivity contribution in [3.8, 4) is 0 Å². The van der Waals surface area contributed by atoms with Gasteiger partial charge in [0.15, 0.2) is 0 Å². The number of nitrogens with one attached hydrogen (secondary N) is 1. The Balaban J connectivity index is 1.96. The second-order valence-corrected chi connectivity index (χ2v) is 8.51. The Morgan fingerprint density at radius 2 is 1.75 bits per heavy atom. The number of sulfonamides is 1. The monoisotopic (exact) mass is 404 g/mol. The Bertz CT molecular complexity index is 852. The minimum atomic E-state index is -3.62. The normalized spacial score (nSPS) is 12.4. The van der Waals surface area contributed by atoms with Crippen molar-refractivity contribution >= 4 is 21.6 Å². The van der Waals surface area contributed by atoms with E-state index in [1.165, 1.54) is 4.31 Å². The zero-order valence-electron chi connectivity index (χ0n) is 16.6. The van der Waals surface area contributed by atoms with Gasteiger partial charge in [-0.05, 0) is 31.0 Å². The zero-order chi connectivity index (χ0) is 20.6. The number of hydrogen-bond donors (Lipinski definition) is 1. The molecule has 1 amide bonds. The summed E-state index contributed by atoms with van der Waals surface area (Å²) in [5.41, 5.74) is 2.56. The first-order chi connectivity index (χ1) is 13.3. The van der Waals surface area contributed by atoms with Gasteiger partial charge in [-0.1, -0.05) is 55.0 Å². The van der Waals surface area contributed by atoms with Crippen molar-refractivity contribution in [2.24, 2.45) is 0 Å². The van der Waals surface area contributed by atoms with E-state index in [1.54, 1.807) is 19.1 Å². The highest BCUT2D eigenvalue weighted by molar-refractivity contribution is 7.92. The summed E-state index contributed by atoms with van der Waals surface area (Å²) >= 11 is 0. The van der Waals surface area contributed by atoms with Crippen molar-refractivity contribution in [3.05, 3.63) is 65.7 Å². The third kappa shape index (κ3) is 6.35. The van der Waals surface area contributed by atoms with E-state index < -0.39 is 16.1 Å². The highest BCUT2D eigenvalue weighted by Gasteiger charge is 2.31. The maximum absolute atomic E-state index is 12.7. The molecule has 152 valence electrons. The van der Waals surface area contributed by atoms with Gasteiger partial charge in [0, 0.05) is 6.54 Å². The Morgan fingerprint density at radius 3 is 2.32 bits per heavy atom. The number of carbonyl (C=O) groups is 1. The standard InChI is InChI=1S/C21H28N2O4S/c1-4-20(23(28(3,25)26)19-12-10-17(2)11-13-19)21(24)22-14-15-27-16-18-8-6-5-7-9-18/h5-13,20H,4,14-16H2,1-3H3,(H,22,24)/t20-/m0/s1. The second-order valence-electron chi connectivity index (χ2n) is 6.65. The summed E-state index contributed by atoms with van der Waals surface area (Å²) in [6.07, 6.45) is 1.48. The van der Waals surface area contributed by atoms with Gasteiger partial charge in [0.2, 0.25) is 15.9 Å². The first-order valence-electron chi connectivity index (χ1n) is 9.28. The number of anilines is 1. The summed E-state index contributed by atoms with van der Waals surface area (Å²) in [6, 6.07) is 16.0. The van der Waals surface area contributed by atoms with E-state index >= 15 is 0 Å². The molecule has 0 aliphatic rings. The van der Waals surface area contributed by atoms with Gasteiger partial charge in [-0.3, -0.25) is 9.10 Å². The summed E-state index contributed by atoms with van der Waals surface area (Å²) in [6.45, 7) is 4.84. The average molecular weight is 405 g/mol. The van der Waals surface area contributed by atoms with Crippen LogP contribution in [0.15, 0.2) is 54.6 Å². The van der Waals surface area contributed by atoms with Crippen molar-refractivity contribution < 1.29 is 17.9 Å². The summed E-state index contributed by atoms with van der Waals surface area (Å²) in [5.74, 6) is -0.336. The summed E-state index contributed by atoms with van der Waals surface area (Å²) < 4.78 is 31.5. The van der Waals surface area contributed by atoms with E-state index in [9.17, 15) is 13.2 Å². The maximum atomic E-state index is 12.7. The van der Waals surface area contributed by atoms with Crippen LogP contribution in [0.1, 0.15) is 24.5 Å². The molecule has 2 rings (SSSR count). The van der Waals surface area contributed by atoms with Gasteiger partial charge in [0.25, 0.3) is 0 Å². The molecule has 0 radical (unpaired) electrons. The molecule has 0 aliphatic heterocycles. The SMILES string of the molecule is CC[C@@H](C(=O)NCCOCc1ccccc1)N(c1ccc(C)cc1)S(C)(=O)=O. The third-order valence-corrected chi connectivity index (χ3v) is 5.46. The maximum Gasteiger partial charge on any atom is 0.243 e. The van der Waals surface area contributed by atoms with Crippen LogP contribution in [0, 0.1) is 6.92 Å². The van der Waals surface area contributed by atoms with Crippen molar-refractivity contribution in [1.82, 2.24) is 5.32 Å². The van der Waals surface area contributed by atoms with Gasteiger partial charge in [-0.15, -0.1) is 0 Å². The highest BCUT2D eigenvalue weighted by Crippen LogP contribution is 2.22. The van der Waals surface area contributed by atoms with E-state index in [-0.39, 0.29) is 5.91 Å². The molecule has 2 aromatic carbocycles. The smallest absolute Gasteiger partial charge is 0.243 e. The second kappa shape index (κ2) is 10.2. The average Bonchev–Trinajstić information content (AvgIpc) is 2.66. The molecule has 0 unspecified atom stereocenters. The van der Waals surface area contributed by atoms with Crippen LogP contribution in [0.3, 0.4) is 0 Å². The lowest BCUT2D eigenvalue weighted by molar-refractivity contribution is -0.122. The number of hydrogen-bond acceptors (Lipinski definition) is 4. The molecule has 0 bridgehead atoms. The van der Waals surface area contributed by atoms with Crippen LogP contribution in [-0.2, 0) is 26.2 Å². The number of benzene rings is 2. The van der Waals surface area contributed by atoms with Crippen LogP contribution >= 0.6 is 0 Å². The lowest BCUT2D eigenvalue weighted by atomic mass is 10.1. The van der Waals surface area contributed by atoms with Gasteiger partial charge < -0.3 is 10.1 Å². The fourth-order valence-electron chi connectivity index (χ4n) is 2.88. The molecule has 0 saturated carbocycles. The van der Waals surface area contributed by atoms with Crippen LogP contribution in [0.25, 0.3) is 0 Å². The molecule has 2 aromatic rings. The fraction of sp³-hybridized carbons (Fsp3) is 0.381. The molecule has 0 spiro atoms. The molecule has 0 aromatic heterocycles. The third-order valence-electron chi connectivity index (χ3n) is 4.28. The van der Waals surface area contributed by atoms with Crippen LogP contribution in [0.4, 0.5) is 5.69 Å². The van der Waals surface area contributed by atoms with E-state index in [2.05, 4.69) is 5.32 Å². The molecular weight excluding hydrogens is 376 g/mol. The van der Waals surface area contributed by atoms with E-state index in [4.69, 9.17) is 4.74 Å². The number of ether oxygens (including phenoxy) is 1. The fourth-order valence-corrected chi connectivity index (χ4v) is 4.09. The molecule has 0 fully saturated rings. The first-order valence-corrected chi connectivity index (χ1v) is 11.1. The van der Waals surface area contributed by atoms with Crippen LogP contribution < -0.4 is 9.62 Å². The van der Waals surface area contributed by atoms with Crippen molar-refractivity contribution in [2.45, 2.75) is 32.9 Å². The van der Waals surface area contributed by atoms with Crippen molar-refractivity contribution in [3.63, 3.8) is 0 Å². The number of amides is 1. The number of nitrogens with zero attached hydrogens (tertiary/aromatic N) is 1. The Kier molecular flexibility index (Phi) is 8.02. The molecule has 6 nitrogen and oxygen atoms in total. The molecule has 1 atom stereocenters. The number of carbonyl (C=O) groups excluding carboxylic acids is 1. The first kappa shape index (κ1) is 21.9. The topological polar surface area (TPSA) is 75.7 Å². The van der Waals surface area contributed by atoms with Gasteiger partial charge in [-0.2, -0.15) is 0 Å². The van der Waals surface area contributed by atoms with Crippen molar-refractivity contribution in [1.29, 1.82) is 0 Å². The van der Waals surface area contributed by atoms with Crippen LogP contribution in [-0.4, -0.2) is 39.8 Å². The summed E-state index contributed by atoms with van der Waals surface area (Å²) in [5, 5.41) is 2.78. The highest BCUT2D eigenvalue weighted by atomic mass is 32.2. The van der Waals surface area contributed by atoms with Gasteiger partial charge in [0.1, 0.15) is 6.04 Å². The summed E-state index contributed by atoms with van der Waals surface area (Å²) in [4.78, 5) is 12.7. The van der Waals surface area contributed by atoms with E-state index in [0.29, 0.717) is 31.9 Å². The number of rotatable bonds is 10. The Morgan fingerprint density at radius 1 is 1.11 bits per heavy atom. The van der Waals surface area contributed by atoms with Gasteiger partial charge in [-0.25, -0.2) is 8.42 Å². The number of aryl methyl sites for hydroxylation is 1. The predicted molar refractivity (Wildman–Crippen MR) is 112 cm³/mol. The van der Waals surface area contributed by atoms with Crippen LogP contribution in [0.5, 0.6) is 0 Å². The Hall–Kier alpha value is -2.38. The molecule has 1 N–H and O–H groups in total. The largest absolute Gasteiger partial charge is 0.375 e. The summed E-state index contributed by atoms with van der Waals surface area (Å²) in [7, 11) is -3.62. The lowest BCUT2D eigenvalue weighted by Gasteiger charge is -2.30. The van der Waals surface area contributed by atoms with Crippen molar-refractivity contribution in [2.75, 3.05) is 23.7 Å². The molecule has 0 heterocycles. The zero-order valence-corrected chi connectivity index (χ0v) is 17.4. The molecule has 7 heteroatoms. The van der Waals surface area contributed by atoms with Gasteiger partial charge >= 0.3 is 0 Å². The molecule has 0 aliphatic carbocycles. The Labute approximate surface area is 167 Å². The quantitative estimate of drug-likeness (QED) is 0.618. The van der Waals surface area contributed by atoms with Crippen LogP contribution in [0.2, 0.25) is 0 Å². The van der Waals surface area contributed by atoms with Gasteiger partial charge in [0.05, 0.1) is 25.2 Å². The molecular formula is C21H28N2O4S.